The Morgan fingerprint density at radius 1 is 1.15 bits per heavy atom. The van der Waals surface area contributed by atoms with Crippen molar-refractivity contribution in [2.24, 2.45) is 11.1 Å². The van der Waals surface area contributed by atoms with Crippen molar-refractivity contribution in [1.82, 2.24) is 0 Å². The molecule has 0 amide bonds. The van der Waals surface area contributed by atoms with Gasteiger partial charge in [0.05, 0.1) is 34.3 Å². The highest BCUT2D eigenvalue weighted by Gasteiger charge is 2.73. The van der Waals surface area contributed by atoms with E-state index >= 15 is 0 Å². The van der Waals surface area contributed by atoms with Gasteiger partial charge in [0.2, 0.25) is 0 Å². The Morgan fingerprint density at radius 3 is 2.30 bits per heavy atom. The lowest BCUT2D eigenvalue weighted by Gasteiger charge is -2.17. The molecule has 0 unspecified atom stereocenters. The Hall–Kier alpha value is -1.96. The molecule has 1 fully saturated rings. The first-order chi connectivity index (χ1) is 12.9. The summed E-state index contributed by atoms with van der Waals surface area (Å²) in [6.45, 7) is 2.49. The Balaban J connectivity index is 2.08. The highest BCUT2D eigenvalue weighted by molar-refractivity contribution is 7.92. The van der Waals surface area contributed by atoms with E-state index in [-0.39, 0.29) is 22.4 Å². The Kier molecular flexibility index (Phi) is 5.55. The second kappa shape index (κ2) is 7.58. The molecule has 2 aromatic carbocycles. The van der Waals surface area contributed by atoms with Gasteiger partial charge in [-0.05, 0) is 36.8 Å². The van der Waals surface area contributed by atoms with Crippen molar-refractivity contribution in [3.63, 3.8) is 0 Å². The lowest BCUT2D eigenvalue weighted by Crippen LogP contribution is -2.33. The summed E-state index contributed by atoms with van der Waals surface area (Å²) in [5.41, 5.74) is 6.02. The van der Waals surface area contributed by atoms with E-state index in [0.717, 1.165) is 5.56 Å². The molecule has 1 aliphatic carbocycles. The maximum Gasteiger partial charge on any atom is 0.182 e. The van der Waals surface area contributed by atoms with Crippen molar-refractivity contribution in [3.8, 4) is 5.75 Å². The quantitative estimate of drug-likeness (QED) is 0.681. The molecule has 2 aromatic rings. The van der Waals surface area contributed by atoms with Crippen LogP contribution in [0, 0.1) is 5.41 Å². The maximum absolute atomic E-state index is 13.4. The third-order valence-electron chi connectivity index (χ3n) is 5.14. The number of ether oxygens (including phenoxy) is 2. The molecule has 0 radical (unpaired) electrons. The predicted octanol–water partition coefficient (Wildman–Crippen LogP) is 2.94. The summed E-state index contributed by atoms with van der Waals surface area (Å²) in [6, 6.07) is 15.8. The van der Waals surface area contributed by atoms with Crippen LogP contribution in [-0.2, 0) is 14.6 Å². The van der Waals surface area contributed by atoms with Gasteiger partial charge in [0.25, 0.3) is 0 Å². The number of thiocarbonyl (C=S) groups is 1. The molecule has 5 nitrogen and oxygen atoms in total. The van der Waals surface area contributed by atoms with Crippen LogP contribution >= 0.6 is 12.2 Å². The Labute approximate surface area is 165 Å². The minimum atomic E-state index is -3.64. The van der Waals surface area contributed by atoms with Gasteiger partial charge in [-0.2, -0.15) is 0 Å². The molecule has 1 saturated carbocycles. The van der Waals surface area contributed by atoms with Crippen molar-refractivity contribution >= 4 is 27.0 Å². The van der Waals surface area contributed by atoms with Crippen molar-refractivity contribution in [3.05, 3.63) is 60.2 Å². The zero-order valence-corrected chi connectivity index (χ0v) is 16.9. The summed E-state index contributed by atoms with van der Waals surface area (Å²) in [6.07, 6.45) is 0. The summed E-state index contributed by atoms with van der Waals surface area (Å²) in [5, 5.41) is -0.759. The minimum absolute atomic E-state index is 0.168. The largest absolute Gasteiger partial charge is 0.497 e. The summed E-state index contributed by atoms with van der Waals surface area (Å²) in [7, 11) is -2.05. The van der Waals surface area contributed by atoms with Crippen LogP contribution < -0.4 is 10.5 Å². The fraction of sp³-hybridized carbons (Fsp3) is 0.350. The number of benzene rings is 2. The van der Waals surface area contributed by atoms with Crippen LogP contribution in [0.25, 0.3) is 0 Å². The third-order valence-corrected chi connectivity index (χ3v) is 7.81. The molecular formula is C20H23NO4S2. The molecule has 0 spiro atoms. The monoisotopic (exact) mass is 405 g/mol. The van der Waals surface area contributed by atoms with Gasteiger partial charge in [-0.3, -0.25) is 0 Å². The molecule has 7 heteroatoms. The van der Waals surface area contributed by atoms with Crippen molar-refractivity contribution < 1.29 is 17.9 Å². The van der Waals surface area contributed by atoms with E-state index in [4.69, 9.17) is 27.4 Å². The zero-order valence-electron chi connectivity index (χ0n) is 15.3. The summed E-state index contributed by atoms with van der Waals surface area (Å²) >= 11 is 5.34. The molecule has 0 saturated heterocycles. The van der Waals surface area contributed by atoms with E-state index in [2.05, 4.69) is 0 Å². The molecule has 3 atom stereocenters. The molecule has 27 heavy (non-hydrogen) atoms. The van der Waals surface area contributed by atoms with E-state index in [1.54, 1.807) is 37.4 Å². The lowest BCUT2D eigenvalue weighted by atomic mass is 10.00. The summed E-state index contributed by atoms with van der Waals surface area (Å²) in [4.78, 5) is 0.435. The molecular weight excluding hydrogens is 382 g/mol. The van der Waals surface area contributed by atoms with Gasteiger partial charge in [0.15, 0.2) is 9.84 Å². The average molecular weight is 406 g/mol. The van der Waals surface area contributed by atoms with Gasteiger partial charge in [-0.25, -0.2) is 8.42 Å². The van der Waals surface area contributed by atoms with Crippen molar-refractivity contribution in [2.45, 2.75) is 23.0 Å². The summed E-state index contributed by atoms with van der Waals surface area (Å²) < 4.78 is 37.6. The van der Waals surface area contributed by atoms with E-state index in [1.165, 1.54) is 0 Å². The normalized spacial score (nSPS) is 24.4. The standard InChI is InChI=1S/C20H23NO4S2/c1-3-25-13-20(19(21)26)17(14-9-11-15(24-2)12-10-14)18(20)27(22,23)16-7-5-4-6-8-16/h4-12,17-18H,3,13H2,1-2H3,(H2,21,26)/t17-,18+,20-/m1/s1. The Morgan fingerprint density at radius 2 is 1.78 bits per heavy atom. The minimum Gasteiger partial charge on any atom is -0.497 e. The highest BCUT2D eigenvalue weighted by atomic mass is 32.2. The Bertz CT molecular complexity index is 913. The molecule has 3 rings (SSSR count). The maximum atomic E-state index is 13.4. The molecule has 2 N–H and O–H groups in total. The first kappa shape index (κ1) is 19.8. The smallest absolute Gasteiger partial charge is 0.182 e. The van der Waals surface area contributed by atoms with Gasteiger partial charge in [0.1, 0.15) is 5.75 Å². The third kappa shape index (κ3) is 3.35. The molecule has 0 heterocycles. The number of nitrogens with two attached hydrogens (primary N) is 1. The van der Waals surface area contributed by atoms with Crippen LogP contribution in [0.5, 0.6) is 5.75 Å². The van der Waals surface area contributed by atoms with E-state index in [1.807, 2.05) is 31.2 Å². The van der Waals surface area contributed by atoms with Gasteiger partial charge < -0.3 is 15.2 Å². The average Bonchev–Trinajstić information content (AvgIpc) is 3.38. The first-order valence-corrected chi connectivity index (χ1v) is 10.7. The molecule has 1 aliphatic rings. The molecule has 0 bridgehead atoms. The second-order valence-electron chi connectivity index (χ2n) is 6.57. The van der Waals surface area contributed by atoms with Gasteiger partial charge in [-0.1, -0.05) is 42.5 Å². The fourth-order valence-corrected chi connectivity index (χ4v) is 6.50. The molecule has 0 aliphatic heterocycles. The van der Waals surface area contributed by atoms with Crippen LogP contribution in [0.15, 0.2) is 59.5 Å². The van der Waals surface area contributed by atoms with Crippen LogP contribution in [-0.4, -0.2) is 39.0 Å². The highest BCUT2D eigenvalue weighted by Crippen LogP contribution is 2.64. The number of hydrogen-bond acceptors (Lipinski definition) is 5. The van der Waals surface area contributed by atoms with Gasteiger partial charge in [-0.15, -0.1) is 0 Å². The molecule has 144 valence electrons. The summed E-state index contributed by atoms with van der Waals surface area (Å²) in [5.74, 6) is 0.338. The van der Waals surface area contributed by atoms with Crippen molar-refractivity contribution in [1.29, 1.82) is 0 Å². The van der Waals surface area contributed by atoms with Crippen molar-refractivity contribution in [2.75, 3.05) is 20.3 Å². The predicted molar refractivity (Wildman–Crippen MR) is 109 cm³/mol. The zero-order chi connectivity index (χ0) is 19.7. The molecule has 0 aromatic heterocycles. The SMILES string of the molecule is CCOC[C@@]1(C(N)=S)[C@H](c2ccc(OC)cc2)[C@@H]1S(=O)(=O)c1ccccc1. The fourth-order valence-electron chi connectivity index (χ4n) is 3.71. The number of hydrogen-bond donors (Lipinski definition) is 1. The second-order valence-corrected chi connectivity index (χ2v) is 9.08. The topological polar surface area (TPSA) is 78.6 Å². The van der Waals surface area contributed by atoms with Gasteiger partial charge >= 0.3 is 0 Å². The van der Waals surface area contributed by atoms with Crippen LogP contribution in [0.3, 0.4) is 0 Å². The van der Waals surface area contributed by atoms with E-state index in [0.29, 0.717) is 12.4 Å². The van der Waals surface area contributed by atoms with Crippen LogP contribution in [0.2, 0.25) is 0 Å². The van der Waals surface area contributed by atoms with Gasteiger partial charge in [0, 0.05) is 12.5 Å². The van der Waals surface area contributed by atoms with E-state index < -0.39 is 20.5 Å². The van der Waals surface area contributed by atoms with Crippen LogP contribution in [0.1, 0.15) is 18.4 Å². The number of sulfone groups is 1. The number of methoxy groups -OCH3 is 1. The lowest BCUT2D eigenvalue weighted by molar-refractivity contribution is 0.121. The van der Waals surface area contributed by atoms with E-state index in [9.17, 15) is 8.42 Å². The number of rotatable bonds is 8. The first-order valence-electron chi connectivity index (χ1n) is 8.70. The van der Waals surface area contributed by atoms with Crippen LogP contribution in [0.4, 0.5) is 0 Å².